The van der Waals surface area contributed by atoms with Gasteiger partial charge < -0.3 is 15.4 Å². The number of nitrogens with zero attached hydrogens (tertiary/aromatic N) is 2. The molecule has 0 saturated carbocycles. The molecule has 0 aliphatic rings. The van der Waals surface area contributed by atoms with Crippen molar-refractivity contribution in [2.24, 2.45) is 0 Å². The van der Waals surface area contributed by atoms with E-state index >= 15 is 0 Å². The lowest BCUT2D eigenvalue weighted by molar-refractivity contribution is 0.0601. The van der Waals surface area contributed by atoms with E-state index in [4.69, 9.17) is 4.74 Å². The molecule has 2 N–H and O–H groups in total. The smallest absolute Gasteiger partial charge is 0.339 e. The maximum absolute atomic E-state index is 12.6. The van der Waals surface area contributed by atoms with E-state index in [1.807, 2.05) is 31.2 Å². The molecule has 2 aromatic carbocycles. The van der Waals surface area contributed by atoms with Crippen LogP contribution in [0.15, 0.2) is 54.6 Å². The van der Waals surface area contributed by atoms with Crippen LogP contribution in [0.1, 0.15) is 37.7 Å². The van der Waals surface area contributed by atoms with Crippen LogP contribution in [0.4, 0.5) is 11.6 Å². The van der Waals surface area contributed by atoms with Gasteiger partial charge in [0, 0.05) is 12.2 Å². The molecular weight excluding hydrogens is 368 g/mol. The van der Waals surface area contributed by atoms with Crippen molar-refractivity contribution in [3.63, 3.8) is 0 Å². The third-order valence-electron chi connectivity index (χ3n) is 4.20. The van der Waals surface area contributed by atoms with Crippen LogP contribution in [-0.4, -0.2) is 29.0 Å². The molecule has 0 bridgehead atoms. The fourth-order valence-corrected chi connectivity index (χ4v) is 2.84. The first kappa shape index (κ1) is 20.0. The van der Waals surface area contributed by atoms with E-state index in [1.54, 1.807) is 37.3 Å². The summed E-state index contributed by atoms with van der Waals surface area (Å²) in [5, 5.41) is 5.87. The fraction of sp³-hybridized carbons (Fsp3) is 0.182. The van der Waals surface area contributed by atoms with Crippen molar-refractivity contribution < 1.29 is 14.3 Å². The molecule has 0 atom stereocenters. The number of hydrogen-bond donors (Lipinski definition) is 2. The third-order valence-corrected chi connectivity index (χ3v) is 4.20. The number of aryl methyl sites for hydroxylation is 2. The van der Waals surface area contributed by atoms with E-state index in [2.05, 4.69) is 20.6 Å². The second-order valence-electron chi connectivity index (χ2n) is 6.55. The summed E-state index contributed by atoms with van der Waals surface area (Å²) in [6, 6.07) is 16.4. The lowest BCUT2D eigenvalue weighted by atomic mass is 10.1. The Balaban J connectivity index is 1.78. The lowest BCUT2D eigenvalue weighted by Gasteiger charge is -2.11. The molecular formula is C22H22N4O3. The Morgan fingerprint density at radius 2 is 1.79 bits per heavy atom. The highest BCUT2D eigenvalue weighted by Gasteiger charge is 2.14. The van der Waals surface area contributed by atoms with Gasteiger partial charge in [-0.3, -0.25) is 4.79 Å². The van der Waals surface area contributed by atoms with Crippen molar-refractivity contribution in [1.82, 2.24) is 15.3 Å². The van der Waals surface area contributed by atoms with Gasteiger partial charge in [-0.25, -0.2) is 14.8 Å². The van der Waals surface area contributed by atoms with Gasteiger partial charge in [0.15, 0.2) is 0 Å². The number of benzene rings is 2. The number of ether oxygens (including phenoxy) is 1. The Morgan fingerprint density at radius 3 is 2.55 bits per heavy atom. The SMILES string of the molecule is COC(=O)c1ccccc1Nc1nc(C)cc(C(=O)NCc2cccc(C)c2)n1. The Bertz CT molecular complexity index is 1050. The molecule has 1 aromatic heterocycles. The summed E-state index contributed by atoms with van der Waals surface area (Å²) in [5.41, 5.74) is 3.85. The number of para-hydroxylation sites is 1. The molecule has 0 unspecified atom stereocenters. The molecule has 29 heavy (non-hydrogen) atoms. The zero-order valence-electron chi connectivity index (χ0n) is 16.5. The Morgan fingerprint density at radius 1 is 1.00 bits per heavy atom. The molecule has 0 spiro atoms. The number of aromatic nitrogens is 2. The summed E-state index contributed by atoms with van der Waals surface area (Å²) in [6.07, 6.45) is 0. The first-order valence-electron chi connectivity index (χ1n) is 9.10. The van der Waals surface area contributed by atoms with Crippen LogP contribution in [0.5, 0.6) is 0 Å². The molecule has 1 amide bonds. The lowest BCUT2D eigenvalue weighted by Crippen LogP contribution is -2.24. The van der Waals surface area contributed by atoms with Gasteiger partial charge in [0.2, 0.25) is 5.95 Å². The third kappa shape index (κ3) is 5.16. The van der Waals surface area contributed by atoms with Gasteiger partial charge in [-0.15, -0.1) is 0 Å². The average Bonchev–Trinajstić information content (AvgIpc) is 2.71. The quantitative estimate of drug-likeness (QED) is 0.625. The summed E-state index contributed by atoms with van der Waals surface area (Å²) in [4.78, 5) is 33.1. The molecule has 0 aliphatic carbocycles. The van der Waals surface area contributed by atoms with Crippen LogP contribution in [-0.2, 0) is 11.3 Å². The number of amides is 1. The molecule has 1 heterocycles. The number of rotatable bonds is 6. The molecule has 0 aliphatic heterocycles. The molecule has 0 saturated heterocycles. The van der Waals surface area contributed by atoms with Crippen molar-refractivity contribution >= 4 is 23.5 Å². The first-order chi connectivity index (χ1) is 14.0. The topological polar surface area (TPSA) is 93.2 Å². The molecule has 0 radical (unpaired) electrons. The van der Waals surface area contributed by atoms with Crippen molar-refractivity contribution in [1.29, 1.82) is 0 Å². The summed E-state index contributed by atoms with van der Waals surface area (Å²) in [5.74, 6) is -0.555. The maximum atomic E-state index is 12.6. The van der Waals surface area contributed by atoms with Gasteiger partial charge in [-0.2, -0.15) is 0 Å². The number of carbonyl (C=O) groups excluding carboxylic acids is 2. The van der Waals surface area contributed by atoms with E-state index < -0.39 is 5.97 Å². The minimum atomic E-state index is -0.475. The highest BCUT2D eigenvalue weighted by Crippen LogP contribution is 2.20. The molecule has 0 fully saturated rings. The summed E-state index contributed by atoms with van der Waals surface area (Å²) >= 11 is 0. The van der Waals surface area contributed by atoms with Gasteiger partial charge in [-0.1, -0.05) is 42.0 Å². The number of nitrogens with one attached hydrogen (secondary N) is 2. The van der Waals surface area contributed by atoms with E-state index in [1.165, 1.54) is 7.11 Å². The van der Waals surface area contributed by atoms with E-state index in [9.17, 15) is 9.59 Å². The zero-order valence-corrected chi connectivity index (χ0v) is 16.5. The zero-order chi connectivity index (χ0) is 20.8. The number of carbonyl (C=O) groups is 2. The largest absolute Gasteiger partial charge is 0.465 e. The Hall–Kier alpha value is -3.74. The van der Waals surface area contributed by atoms with E-state index in [0.29, 0.717) is 23.5 Å². The predicted octanol–water partition coefficient (Wildman–Crippen LogP) is 3.55. The van der Waals surface area contributed by atoms with Crippen molar-refractivity contribution in [2.75, 3.05) is 12.4 Å². The van der Waals surface area contributed by atoms with Crippen molar-refractivity contribution in [3.8, 4) is 0 Å². The minimum Gasteiger partial charge on any atom is -0.465 e. The van der Waals surface area contributed by atoms with Crippen LogP contribution in [0.25, 0.3) is 0 Å². The van der Waals surface area contributed by atoms with Gasteiger partial charge >= 0.3 is 5.97 Å². The van der Waals surface area contributed by atoms with Crippen molar-refractivity contribution in [2.45, 2.75) is 20.4 Å². The van der Waals surface area contributed by atoms with Crippen LogP contribution < -0.4 is 10.6 Å². The van der Waals surface area contributed by atoms with Gasteiger partial charge in [-0.05, 0) is 37.6 Å². The summed E-state index contributed by atoms with van der Waals surface area (Å²) in [7, 11) is 1.32. The number of anilines is 2. The van der Waals surface area contributed by atoms with Crippen LogP contribution in [0.2, 0.25) is 0 Å². The van der Waals surface area contributed by atoms with Crippen molar-refractivity contribution in [3.05, 3.63) is 82.7 Å². The molecule has 3 rings (SSSR count). The summed E-state index contributed by atoms with van der Waals surface area (Å²) < 4.78 is 4.80. The van der Waals surface area contributed by atoms with E-state index in [0.717, 1.165) is 11.1 Å². The highest BCUT2D eigenvalue weighted by atomic mass is 16.5. The first-order valence-corrected chi connectivity index (χ1v) is 9.10. The number of esters is 1. The predicted molar refractivity (Wildman–Crippen MR) is 110 cm³/mol. The summed E-state index contributed by atoms with van der Waals surface area (Å²) in [6.45, 7) is 4.18. The fourth-order valence-electron chi connectivity index (χ4n) is 2.84. The minimum absolute atomic E-state index is 0.224. The molecule has 7 heteroatoms. The number of methoxy groups -OCH3 is 1. The Kier molecular flexibility index (Phi) is 6.19. The average molecular weight is 390 g/mol. The monoisotopic (exact) mass is 390 g/mol. The molecule has 7 nitrogen and oxygen atoms in total. The van der Waals surface area contributed by atoms with Gasteiger partial charge in [0.1, 0.15) is 5.69 Å². The molecule has 148 valence electrons. The van der Waals surface area contributed by atoms with E-state index in [-0.39, 0.29) is 17.5 Å². The number of hydrogen-bond acceptors (Lipinski definition) is 6. The second kappa shape index (κ2) is 8.97. The van der Waals surface area contributed by atoms with Crippen LogP contribution >= 0.6 is 0 Å². The van der Waals surface area contributed by atoms with Crippen LogP contribution in [0.3, 0.4) is 0 Å². The normalized spacial score (nSPS) is 10.3. The standard InChI is InChI=1S/C22H22N4O3/c1-14-7-6-8-16(11-14)13-23-20(27)19-12-15(2)24-22(26-19)25-18-10-5-4-9-17(18)21(28)29-3/h4-12H,13H2,1-3H3,(H,23,27)(H,24,25,26). The van der Waals surface area contributed by atoms with Gasteiger partial charge in [0.25, 0.3) is 5.91 Å². The second-order valence-corrected chi connectivity index (χ2v) is 6.55. The van der Waals surface area contributed by atoms with Gasteiger partial charge in [0.05, 0.1) is 18.4 Å². The molecule has 3 aromatic rings. The highest BCUT2D eigenvalue weighted by molar-refractivity contribution is 5.96. The van der Waals surface area contributed by atoms with Crippen LogP contribution in [0, 0.1) is 13.8 Å². The Labute approximate surface area is 169 Å². The maximum Gasteiger partial charge on any atom is 0.339 e.